The van der Waals surface area contributed by atoms with Crippen molar-refractivity contribution >= 4 is 0 Å². The zero-order chi connectivity index (χ0) is 19.6. The van der Waals surface area contributed by atoms with E-state index in [4.69, 9.17) is 9.47 Å². The maximum Gasteiger partial charge on any atom is 0.161 e. The SMILES string of the molecule is COc1cc(CNC2CCCCCCC2)ccc1OCC(O)CN1CCCC1. The fourth-order valence-corrected chi connectivity index (χ4v) is 4.37. The molecule has 0 spiro atoms. The highest BCUT2D eigenvalue weighted by atomic mass is 16.5. The van der Waals surface area contributed by atoms with Gasteiger partial charge >= 0.3 is 0 Å². The number of β-amino-alcohol motifs (C(OH)–C–C–N with tert-alkyl or cyclic N) is 1. The van der Waals surface area contributed by atoms with Crippen molar-refractivity contribution in [3.63, 3.8) is 0 Å². The number of likely N-dealkylation sites (tertiary alicyclic amines) is 1. The molecule has 0 bridgehead atoms. The molecule has 1 saturated heterocycles. The minimum absolute atomic E-state index is 0.298. The van der Waals surface area contributed by atoms with Gasteiger partial charge in [0.1, 0.15) is 12.7 Å². The quantitative estimate of drug-likeness (QED) is 0.673. The Morgan fingerprint density at radius 1 is 1.04 bits per heavy atom. The maximum absolute atomic E-state index is 10.2. The van der Waals surface area contributed by atoms with Gasteiger partial charge in [-0.1, -0.05) is 38.2 Å². The third kappa shape index (κ3) is 6.94. The van der Waals surface area contributed by atoms with Gasteiger partial charge in [-0.25, -0.2) is 0 Å². The zero-order valence-electron chi connectivity index (χ0n) is 17.5. The van der Waals surface area contributed by atoms with E-state index >= 15 is 0 Å². The van der Waals surface area contributed by atoms with Crippen LogP contribution in [0.1, 0.15) is 63.4 Å². The van der Waals surface area contributed by atoms with Crippen LogP contribution >= 0.6 is 0 Å². The molecule has 2 fully saturated rings. The molecule has 5 nitrogen and oxygen atoms in total. The standard InChI is InChI=1S/C23H38N2O3/c1-27-23-15-19(16-24-20-9-5-3-2-4-6-10-20)11-12-22(23)28-18-21(26)17-25-13-7-8-14-25/h11-12,15,20-21,24,26H,2-10,13-14,16-18H2,1H3. The molecular weight excluding hydrogens is 352 g/mol. The van der Waals surface area contributed by atoms with E-state index in [1.807, 2.05) is 6.07 Å². The Bertz CT molecular complexity index is 567. The van der Waals surface area contributed by atoms with Gasteiger partial charge < -0.3 is 24.8 Å². The fraction of sp³-hybridized carbons (Fsp3) is 0.739. The molecule has 0 aromatic heterocycles. The number of nitrogens with zero attached hydrogens (tertiary/aromatic N) is 1. The molecule has 1 unspecified atom stereocenters. The van der Waals surface area contributed by atoms with Crippen LogP contribution in [-0.4, -0.2) is 55.5 Å². The highest BCUT2D eigenvalue weighted by Crippen LogP contribution is 2.28. The first-order valence-corrected chi connectivity index (χ1v) is 11.2. The molecule has 0 radical (unpaired) electrons. The van der Waals surface area contributed by atoms with Gasteiger partial charge in [0.2, 0.25) is 0 Å². The predicted octanol–water partition coefficient (Wildman–Crippen LogP) is 3.73. The molecular formula is C23H38N2O3. The number of nitrogens with one attached hydrogen (secondary N) is 1. The van der Waals surface area contributed by atoms with Gasteiger partial charge in [0, 0.05) is 19.1 Å². The van der Waals surface area contributed by atoms with Crippen molar-refractivity contribution < 1.29 is 14.6 Å². The summed E-state index contributed by atoms with van der Waals surface area (Å²) in [6.45, 7) is 4.02. The Kier molecular flexibility index (Phi) is 8.90. The first kappa shape index (κ1) is 21.4. The van der Waals surface area contributed by atoms with E-state index in [0.29, 0.717) is 24.9 Å². The fourth-order valence-electron chi connectivity index (χ4n) is 4.37. The van der Waals surface area contributed by atoms with Crippen molar-refractivity contribution in [1.29, 1.82) is 0 Å². The van der Waals surface area contributed by atoms with Crippen molar-refractivity contribution in [3.05, 3.63) is 23.8 Å². The summed E-state index contributed by atoms with van der Waals surface area (Å²) in [6.07, 6.45) is 11.4. The minimum Gasteiger partial charge on any atom is -0.493 e. The third-order valence-corrected chi connectivity index (χ3v) is 6.03. The Hall–Kier alpha value is -1.30. The molecule has 2 N–H and O–H groups in total. The third-order valence-electron chi connectivity index (χ3n) is 6.03. The van der Waals surface area contributed by atoms with Crippen molar-refractivity contribution in [2.45, 2.75) is 76.5 Å². The minimum atomic E-state index is -0.469. The van der Waals surface area contributed by atoms with Crippen molar-refractivity contribution in [1.82, 2.24) is 10.2 Å². The highest BCUT2D eigenvalue weighted by molar-refractivity contribution is 5.43. The smallest absolute Gasteiger partial charge is 0.161 e. The molecule has 28 heavy (non-hydrogen) atoms. The van der Waals surface area contributed by atoms with Crippen LogP contribution in [0.4, 0.5) is 0 Å². The summed E-state index contributed by atoms with van der Waals surface area (Å²) in [5, 5.41) is 14.0. The van der Waals surface area contributed by atoms with Crippen LogP contribution in [0.2, 0.25) is 0 Å². The van der Waals surface area contributed by atoms with Gasteiger partial charge in [-0.2, -0.15) is 0 Å². The topological polar surface area (TPSA) is 54.0 Å². The second kappa shape index (κ2) is 11.6. The first-order chi connectivity index (χ1) is 13.7. The van der Waals surface area contributed by atoms with Crippen molar-refractivity contribution in [3.8, 4) is 11.5 Å². The van der Waals surface area contributed by atoms with Gasteiger partial charge in [0.05, 0.1) is 7.11 Å². The molecule has 3 rings (SSSR count). The average molecular weight is 391 g/mol. The molecule has 1 heterocycles. The number of hydrogen-bond acceptors (Lipinski definition) is 5. The van der Waals surface area contributed by atoms with Crippen LogP contribution in [0.5, 0.6) is 11.5 Å². The lowest BCUT2D eigenvalue weighted by Gasteiger charge is -2.22. The summed E-state index contributed by atoms with van der Waals surface area (Å²) < 4.78 is 11.4. The van der Waals surface area contributed by atoms with Gasteiger partial charge in [-0.15, -0.1) is 0 Å². The lowest BCUT2D eigenvalue weighted by molar-refractivity contribution is 0.0747. The monoisotopic (exact) mass is 390 g/mol. The number of aliphatic hydroxyl groups excluding tert-OH is 1. The van der Waals surface area contributed by atoms with Crippen molar-refractivity contribution in [2.24, 2.45) is 0 Å². The largest absolute Gasteiger partial charge is 0.493 e. The summed E-state index contributed by atoms with van der Waals surface area (Å²) in [4.78, 5) is 2.30. The molecule has 1 aromatic carbocycles. The Morgan fingerprint density at radius 3 is 2.46 bits per heavy atom. The van der Waals surface area contributed by atoms with Crippen molar-refractivity contribution in [2.75, 3.05) is 33.4 Å². The Labute approximate surface area is 170 Å². The molecule has 1 atom stereocenters. The molecule has 158 valence electrons. The van der Waals surface area contributed by atoms with Gasteiger partial charge in [0.15, 0.2) is 11.5 Å². The summed E-state index contributed by atoms with van der Waals surface area (Å²) in [5.74, 6) is 1.45. The van der Waals surface area contributed by atoms with E-state index in [2.05, 4.69) is 22.3 Å². The molecule has 0 amide bonds. The number of benzene rings is 1. The summed E-state index contributed by atoms with van der Waals surface area (Å²) in [6, 6.07) is 6.75. The van der Waals surface area contributed by atoms with E-state index in [1.54, 1.807) is 7.11 Å². The summed E-state index contributed by atoms with van der Waals surface area (Å²) in [7, 11) is 1.68. The number of hydrogen-bond donors (Lipinski definition) is 2. The molecule has 2 aliphatic rings. The highest BCUT2D eigenvalue weighted by Gasteiger charge is 2.17. The van der Waals surface area contributed by atoms with Crippen LogP contribution in [0.3, 0.4) is 0 Å². The first-order valence-electron chi connectivity index (χ1n) is 11.2. The zero-order valence-corrected chi connectivity index (χ0v) is 17.5. The normalized spacial score (nSPS) is 20.5. The van der Waals surface area contributed by atoms with E-state index in [0.717, 1.165) is 25.4 Å². The second-order valence-electron chi connectivity index (χ2n) is 8.38. The van der Waals surface area contributed by atoms with Crippen LogP contribution < -0.4 is 14.8 Å². The lowest BCUT2D eigenvalue weighted by Crippen LogP contribution is -2.33. The molecule has 1 aliphatic heterocycles. The van der Waals surface area contributed by atoms with Crippen LogP contribution in [0.15, 0.2) is 18.2 Å². The summed E-state index contributed by atoms with van der Waals surface area (Å²) in [5.41, 5.74) is 1.21. The molecule has 1 aromatic rings. The van der Waals surface area contributed by atoms with Gasteiger partial charge in [-0.3, -0.25) is 0 Å². The molecule has 1 aliphatic carbocycles. The average Bonchev–Trinajstić information content (AvgIpc) is 3.18. The van der Waals surface area contributed by atoms with Gasteiger partial charge in [0.25, 0.3) is 0 Å². The number of ether oxygens (including phenoxy) is 2. The van der Waals surface area contributed by atoms with Crippen LogP contribution in [-0.2, 0) is 6.54 Å². The Balaban J connectivity index is 1.47. The number of aliphatic hydroxyl groups is 1. The van der Waals surface area contributed by atoms with Crippen LogP contribution in [0.25, 0.3) is 0 Å². The van der Waals surface area contributed by atoms with E-state index < -0.39 is 6.10 Å². The predicted molar refractivity (Wildman–Crippen MR) is 113 cm³/mol. The van der Waals surface area contributed by atoms with Gasteiger partial charge in [-0.05, 0) is 56.5 Å². The molecule has 5 heteroatoms. The maximum atomic E-state index is 10.2. The number of methoxy groups -OCH3 is 1. The molecule has 1 saturated carbocycles. The van der Waals surface area contributed by atoms with E-state index in [-0.39, 0.29) is 0 Å². The van der Waals surface area contributed by atoms with E-state index in [1.165, 1.54) is 63.4 Å². The Morgan fingerprint density at radius 2 is 1.75 bits per heavy atom. The summed E-state index contributed by atoms with van der Waals surface area (Å²) >= 11 is 0. The van der Waals surface area contributed by atoms with Crippen LogP contribution in [0, 0.1) is 0 Å². The number of rotatable bonds is 9. The van der Waals surface area contributed by atoms with E-state index in [9.17, 15) is 5.11 Å². The second-order valence-corrected chi connectivity index (χ2v) is 8.38. The lowest BCUT2D eigenvalue weighted by atomic mass is 9.96.